The smallest absolute Gasteiger partial charge is 0.141 e. The van der Waals surface area contributed by atoms with E-state index in [1.54, 1.807) is 0 Å². The number of allylic oxidation sites excluding steroid dienone is 1. The van der Waals surface area contributed by atoms with E-state index >= 15 is 0 Å². The number of carbonyl (C=O) groups is 2. The Kier molecular flexibility index (Phi) is 5.21. The molecule has 0 radical (unpaired) electrons. The standard InChI is InChI=1S/C22H22O4/c1-4-25-17-11-9-16(10-12-17)21-13-19(22(14(2)23)15(3)24)18-7-5-6-8-20(18)26-21/h5-13,19,22H,4H2,1-3H3. The molecule has 0 amide bonds. The van der Waals surface area contributed by atoms with Crippen molar-refractivity contribution in [2.75, 3.05) is 6.61 Å². The lowest BCUT2D eigenvalue weighted by Gasteiger charge is -2.28. The second-order valence-corrected chi connectivity index (χ2v) is 6.35. The first-order valence-corrected chi connectivity index (χ1v) is 8.74. The first-order chi connectivity index (χ1) is 12.5. The van der Waals surface area contributed by atoms with Gasteiger partial charge >= 0.3 is 0 Å². The first kappa shape index (κ1) is 17.9. The molecular weight excluding hydrogens is 328 g/mol. The van der Waals surface area contributed by atoms with E-state index in [-0.39, 0.29) is 17.5 Å². The summed E-state index contributed by atoms with van der Waals surface area (Å²) in [5.74, 6) is 0.785. The van der Waals surface area contributed by atoms with Gasteiger partial charge in [-0.1, -0.05) is 18.2 Å². The van der Waals surface area contributed by atoms with Crippen molar-refractivity contribution < 1.29 is 19.1 Å². The molecule has 0 aromatic heterocycles. The van der Waals surface area contributed by atoms with E-state index in [2.05, 4.69) is 0 Å². The second-order valence-electron chi connectivity index (χ2n) is 6.35. The predicted molar refractivity (Wildman–Crippen MR) is 100 cm³/mol. The van der Waals surface area contributed by atoms with Crippen molar-refractivity contribution in [1.82, 2.24) is 0 Å². The number of carbonyl (C=O) groups excluding carboxylic acids is 2. The average molecular weight is 350 g/mol. The normalized spacial score (nSPS) is 15.7. The molecule has 2 aromatic rings. The Morgan fingerprint density at radius 2 is 1.69 bits per heavy atom. The van der Waals surface area contributed by atoms with Crippen LogP contribution in [0, 0.1) is 5.92 Å². The van der Waals surface area contributed by atoms with Crippen LogP contribution < -0.4 is 9.47 Å². The Balaban J connectivity index is 2.04. The summed E-state index contributed by atoms with van der Waals surface area (Å²) in [4.78, 5) is 24.3. The molecule has 1 unspecified atom stereocenters. The molecule has 1 aliphatic heterocycles. The summed E-state index contributed by atoms with van der Waals surface area (Å²) >= 11 is 0. The van der Waals surface area contributed by atoms with E-state index in [1.165, 1.54) is 13.8 Å². The second kappa shape index (κ2) is 7.56. The molecule has 1 atom stereocenters. The molecular formula is C22H22O4. The molecule has 3 rings (SSSR count). The van der Waals surface area contributed by atoms with Crippen LogP contribution in [0.3, 0.4) is 0 Å². The van der Waals surface area contributed by atoms with Crippen molar-refractivity contribution in [1.29, 1.82) is 0 Å². The third-order valence-corrected chi connectivity index (χ3v) is 4.51. The van der Waals surface area contributed by atoms with Crippen LogP contribution in [-0.4, -0.2) is 18.2 Å². The third kappa shape index (κ3) is 3.54. The largest absolute Gasteiger partial charge is 0.494 e. The van der Waals surface area contributed by atoms with Gasteiger partial charge in [0.15, 0.2) is 0 Å². The van der Waals surface area contributed by atoms with Gasteiger partial charge in [0, 0.05) is 17.0 Å². The molecule has 134 valence electrons. The Bertz CT molecular complexity index is 835. The van der Waals surface area contributed by atoms with Crippen molar-refractivity contribution in [2.24, 2.45) is 5.92 Å². The highest BCUT2D eigenvalue weighted by atomic mass is 16.5. The SMILES string of the molecule is CCOc1ccc(C2=CC(C(C(C)=O)C(C)=O)c3ccccc3O2)cc1. The molecule has 1 heterocycles. The molecule has 0 spiro atoms. The van der Waals surface area contributed by atoms with E-state index in [0.29, 0.717) is 18.1 Å². The number of Topliss-reactive ketones (excluding diaryl/α,β-unsaturated/α-hetero) is 2. The van der Waals surface area contributed by atoms with Crippen LogP contribution in [0.25, 0.3) is 5.76 Å². The summed E-state index contributed by atoms with van der Waals surface area (Å²) in [5, 5.41) is 0. The number of hydrogen-bond acceptors (Lipinski definition) is 4. The van der Waals surface area contributed by atoms with Crippen molar-refractivity contribution in [3.63, 3.8) is 0 Å². The van der Waals surface area contributed by atoms with Crippen molar-refractivity contribution in [3.05, 3.63) is 65.7 Å². The molecule has 0 saturated carbocycles. The van der Waals surface area contributed by atoms with Gasteiger partial charge in [0.1, 0.15) is 28.8 Å². The molecule has 0 N–H and O–H groups in total. The minimum atomic E-state index is -0.710. The van der Waals surface area contributed by atoms with Gasteiger partial charge in [0.25, 0.3) is 0 Å². The van der Waals surface area contributed by atoms with E-state index in [1.807, 2.05) is 61.5 Å². The summed E-state index contributed by atoms with van der Waals surface area (Å²) in [5.41, 5.74) is 1.73. The van der Waals surface area contributed by atoms with E-state index in [0.717, 1.165) is 16.9 Å². The number of hydrogen-bond donors (Lipinski definition) is 0. The third-order valence-electron chi connectivity index (χ3n) is 4.51. The van der Waals surface area contributed by atoms with Crippen molar-refractivity contribution in [3.8, 4) is 11.5 Å². The minimum absolute atomic E-state index is 0.138. The number of fused-ring (bicyclic) bond motifs is 1. The first-order valence-electron chi connectivity index (χ1n) is 8.74. The number of ketones is 2. The Labute approximate surface area is 153 Å². The van der Waals surface area contributed by atoms with Crippen LogP contribution in [0.15, 0.2) is 54.6 Å². The van der Waals surface area contributed by atoms with Crippen LogP contribution in [0.4, 0.5) is 0 Å². The molecule has 0 bridgehead atoms. The molecule has 0 aliphatic carbocycles. The number of benzene rings is 2. The summed E-state index contributed by atoms with van der Waals surface area (Å²) in [6.07, 6.45) is 1.88. The summed E-state index contributed by atoms with van der Waals surface area (Å²) in [6.45, 7) is 5.47. The van der Waals surface area contributed by atoms with Crippen LogP contribution >= 0.6 is 0 Å². The maximum atomic E-state index is 12.1. The van der Waals surface area contributed by atoms with Crippen molar-refractivity contribution >= 4 is 17.3 Å². The lowest BCUT2D eigenvalue weighted by atomic mass is 9.79. The Hall–Kier alpha value is -2.88. The summed E-state index contributed by atoms with van der Waals surface area (Å²) < 4.78 is 11.5. The fraction of sp³-hybridized carbons (Fsp3) is 0.273. The lowest BCUT2D eigenvalue weighted by molar-refractivity contribution is -0.130. The molecule has 4 nitrogen and oxygen atoms in total. The van der Waals surface area contributed by atoms with Crippen LogP contribution in [0.5, 0.6) is 11.5 Å². The number of rotatable bonds is 6. The summed E-state index contributed by atoms with van der Waals surface area (Å²) in [7, 11) is 0. The van der Waals surface area contributed by atoms with Crippen LogP contribution in [0.1, 0.15) is 37.8 Å². The maximum absolute atomic E-state index is 12.1. The predicted octanol–water partition coefficient (Wildman–Crippen LogP) is 4.40. The van der Waals surface area contributed by atoms with E-state index in [9.17, 15) is 9.59 Å². The van der Waals surface area contributed by atoms with Crippen LogP contribution in [0.2, 0.25) is 0 Å². The molecule has 0 fully saturated rings. The van der Waals surface area contributed by atoms with E-state index < -0.39 is 5.92 Å². The highest BCUT2D eigenvalue weighted by Gasteiger charge is 2.34. The Morgan fingerprint density at radius 3 is 2.31 bits per heavy atom. The van der Waals surface area contributed by atoms with Crippen molar-refractivity contribution in [2.45, 2.75) is 26.7 Å². The van der Waals surface area contributed by atoms with E-state index in [4.69, 9.17) is 9.47 Å². The lowest BCUT2D eigenvalue weighted by Crippen LogP contribution is -2.28. The quantitative estimate of drug-likeness (QED) is 0.725. The summed E-state index contributed by atoms with van der Waals surface area (Å²) in [6, 6.07) is 15.1. The van der Waals surface area contributed by atoms with Gasteiger partial charge in [-0.25, -0.2) is 0 Å². The van der Waals surface area contributed by atoms with Gasteiger partial charge in [-0.2, -0.15) is 0 Å². The Morgan fingerprint density at radius 1 is 1.04 bits per heavy atom. The number of para-hydroxylation sites is 1. The maximum Gasteiger partial charge on any atom is 0.141 e. The van der Waals surface area contributed by atoms with Gasteiger partial charge in [-0.3, -0.25) is 9.59 Å². The molecule has 1 aliphatic rings. The fourth-order valence-corrected chi connectivity index (χ4v) is 3.36. The molecule has 4 heteroatoms. The van der Waals surface area contributed by atoms with Gasteiger partial charge in [0.05, 0.1) is 12.5 Å². The molecule has 26 heavy (non-hydrogen) atoms. The minimum Gasteiger partial charge on any atom is -0.494 e. The molecule has 0 saturated heterocycles. The average Bonchev–Trinajstić information content (AvgIpc) is 2.62. The highest BCUT2D eigenvalue weighted by molar-refractivity contribution is 6.02. The zero-order valence-electron chi connectivity index (χ0n) is 15.2. The van der Waals surface area contributed by atoms with Crippen LogP contribution in [-0.2, 0) is 9.59 Å². The highest BCUT2D eigenvalue weighted by Crippen LogP contribution is 2.41. The topological polar surface area (TPSA) is 52.6 Å². The van der Waals surface area contributed by atoms with Gasteiger partial charge < -0.3 is 9.47 Å². The van der Waals surface area contributed by atoms with Gasteiger partial charge in [-0.15, -0.1) is 0 Å². The number of ether oxygens (including phenoxy) is 2. The zero-order chi connectivity index (χ0) is 18.7. The molecule has 2 aromatic carbocycles. The monoisotopic (exact) mass is 350 g/mol. The van der Waals surface area contributed by atoms with Gasteiger partial charge in [0.2, 0.25) is 0 Å². The van der Waals surface area contributed by atoms with Gasteiger partial charge in [-0.05, 0) is 57.2 Å². The fourth-order valence-electron chi connectivity index (χ4n) is 3.36. The zero-order valence-corrected chi connectivity index (χ0v) is 15.2.